The third kappa shape index (κ3) is 8.07. The van der Waals surface area contributed by atoms with Gasteiger partial charge in [-0.3, -0.25) is 9.55 Å². The number of rotatable bonds is 9. The molecule has 6 nitrogen and oxygen atoms in total. The molecule has 0 unspecified atom stereocenters. The van der Waals surface area contributed by atoms with E-state index in [1.54, 1.807) is 82.1 Å². The fraction of sp³-hybridized carbons (Fsp3) is 0.0862. The fourth-order valence-electron chi connectivity index (χ4n) is 8.01. The first-order valence-electron chi connectivity index (χ1n) is 26.6. The van der Waals surface area contributed by atoms with Gasteiger partial charge in [-0.05, 0) is 69.6 Å². The molecule has 7 aromatic carbocycles. The van der Waals surface area contributed by atoms with Crippen molar-refractivity contribution in [3.05, 3.63) is 218 Å². The van der Waals surface area contributed by atoms with Crippen LogP contribution in [0.5, 0.6) is 11.5 Å². The molecular weight excluding hydrogens is 978 g/mol. The molecule has 65 heavy (non-hydrogen) atoms. The number of nitrogens with zero attached hydrogens (tertiary/aromatic N) is 5. The van der Waals surface area contributed by atoms with E-state index in [9.17, 15) is 0 Å². The van der Waals surface area contributed by atoms with Gasteiger partial charge >= 0.3 is 0 Å². The van der Waals surface area contributed by atoms with Crippen LogP contribution in [0.2, 0.25) is 0 Å². The number of ether oxygens (including phenoxy) is 1. The van der Waals surface area contributed by atoms with Gasteiger partial charge in [-0.15, -0.1) is 24.3 Å². The van der Waals surface area contributed by atoms with Crippen LogP contribution < -0.4 is 9.30 Å². The van der Waals surface area contributed by atoms with E-state index in [0.717, 1.165) is 22.2 Å². The van der Waals surface area contributed by atoms with Gasteiger partial charge in [0.25, 0.3) is 6.33 Å². The second-order valence-corrected chi connectivity index (χ2v) is 16.1. The number of fused-ring (bicyclic) bond motifs is 4. The Morgan fingerprint density at radius 1 is 0.677 bits per heavy atom. The van der Waals surface area contributed by atoms with Crippen LogP contribution in [0.3, 0.4) is 0 Å². The molecule has 0 bridgehead atoms. The SMILES string of the molecule is [2H]c1c([2H])c([2H])c(-c2cccc(-c3c([2H])c([2H])c([2H])c([2H])c3[2H])c2-[n+]2[c-]n(-c3[c-]c(Oc4[c-]c5c(cc4)c4nc(-c6ccccc6)ccc4n5-c4cc(C([2H])([2H])C(C)(C)C)ccn4)ccc3)c3ccccc32)c([2H])c1[2H].[Pt]. The van der Waals surface area contributed by atoms with E-state index in [1.807, 2.05) is 86.0 Å². The van der Waals surface area contributed by atoms with Gasteiger partial charge in [0, 0.05) is 52.6 Å². The van der Waals surface area contributed by atoms with Crippen LogP contribution in [0.4, 0.5) is 0 Å². The van der Waals surface area contributed by atoms with Gasteiger partial charge in [-0.2, -0.15) is 18.2 Å². The van der Waals surface area contributed by atoms with Crippen molar-refractivity contribution in [1.82, 2.24) is 19.1 Å². The third-order valence-electron chi connectivity index (χ3n) is 10.6. The van der Waals surface area contributed by atoms with Gasteiger partial charge in [0.2, 0.25) is 0 Å². The van der Waals surface area contributed by atoms with E-state index in [1.165, 1.54) is 0 Å². The Labute approximate surface area is 410 Å². The van der Waals surface area contributed by atoms with E-state index < -0.39 is 72.2 Å². The number of pyridine rings is 2. The summed E-state index contributed by atoms with van der Waals surface area (Å²) < 4.78 is 117. The first-order valence-corrected chi connectivity index (χ1v) is 20.6. The summed E-state index contributed by atoms with van der Waals surface area (Å²) in [5, 5.41) is 0.758. The normalized spacial score (nSPS) is 14.4. The predicted molar refractivity (Wildman–Crippen MR) is 257 cm³/mol. The molecule has 0 atom stereocenters. The zero-order valence-corrected chi connectivity index (χ0v) is 37.4. The van der Waals surface area contributed by atoms with Crippen molar-refractivity contribution in [2.75, 3.05) is 0 Å². The van der Waals surface area contributed by atoms with Crippen molar-refractivity contribution < 1.29 is 46.8 Å². The van der Waals surface area contributed by atoms with Gasteiger partial charge in [-0.25, -0.2) is 4.98 Å². The second kappa shape index (κ2) is 17.3. The van der Waals surface area contributed by atoms with Gasteiger partial charge in [0.15, 0.2) is 0 Å². The maximum absolute atomic E-state index is 9.10. The average Bonchev–Trinajstić information content (AvgIpc) is 4.02. The molecule has 318 valence electrons. The summed E-state index contributed by atoms with van der Waals surface area (Å²) in [6, 6.07) is 39.5. The van der Waals surface area contributed by atoms with E-state index in [2.05, 4.69) is 18.5 Å². The summed E-state index contributed by atoms with van der Waals surface area (Å²) in [4.78, 5) is 9.90. The average molecular weight is 1030 g/mol. The van der Waals surface area contributed by atoms with Crippen molar-refractivity contribution >= 4 is 33.0 Å². The maximum Gasteiger partial charge on any atom is 0.268 e. The zero-order valence-electron chi connectivity index (χ0n) is 47.2. The number of para-hydroxylation sites is 3. The Kier molecular flexibility index (Phi) is 7.94. The van der Waals surface area contributed by atoms with E-state index in [-0.39, 0.29) is 54.8 Å². The summed E-state index contributed by atoms with van der Waals surface area (Å²) in [6.07, 6.45) is 3.29. The van der Waals surface area contributed by atoms with E-state index >= 15 is 0 Å². The molecule has 0 fully saturated rings. The minimum absolute atomic E-state index is 0. The van der Waals surface area contributed by atoms with Gasteiger partial charge in [-0.1, -0.05) is 165 Å². The molecule has 11 aromatic rings. The minimum atomic E-state index is -1.71. The standard InChI is InChI=1S/C58H43N5O.Pt/c1-58(2,3)38-40-33-34-59-55(35-40)63-53-32-31-50(43-21-11-6-12-22-43)60-56(53)49-30-29-46(37-54(49)63)64-45-24-15-23-44(36-45)61-39-62(52-28-14-13-27-51(52)61)57-47(41-17-7-4-8-18-41)25-16-26-48(57)42-19-9-5-10-20-42;/h4-35H,38H2,1-3H3;/q-2;/i4D,5D,7D,8D,9D,10D,17D,18D,19D,20D,38D2;. The van der Waals surface area contributed by atoms with Gasteiger partial charge < -0.3 is 13.9 Å². The number of hydrogen-bond acceptors (Lipinski definition) is 3. The van der Waals surface area contributed by atoms with Crippen LogP contribution in [0.15, 0.2) is 194 Å². The van der Waals surface area contributed by atoms with Crippen LogP contribution in [-0.2, 0) is 27.4 Å². The molecule has 11 rings (SSSR count). The second-order valence-electron chi connectivity index (χ2n) is 16.1. The molecule has 0 aliphatic heterocycles. The molecule has 4 aromatic heterocycles. The fourth-order valence-corrected chi connectivity index (χ4v) is 8.01. The summed E-state index contributed by atoms with van der Waals surface area (Å²) in [5.41, 5.74) is 5.01. The molecule has 7 heteroatoms. The molecular formula is C58H43N5OPt-2. The van der Waals surface area contributed by atoms with Crippen LogP contribution >= 0.6 is 0 Å². The van der Waals surface area contributed by atoms with Crippen LogP contribution in [0.1, 0.15) is 42.8 Å². The van der Waals surface area contributed by atoms with Crippen molar-refractivity contribution in [3.63, 3.8) is 0 Å². The Bertz CT molecular complexity index is 4050. The molecule has 4 heterocycles. The largest absolute Gasteiger partial charge is 0.510 e. The Balaban J connectivity index is 0.00000672. The zero-order chi connectivity index (χ0) is 53.7. The summed E-state index contributed by atoms with van der Waals surface area (Å²) in [5.74, 6) is 1.07. The summed E-state index contributed by atoms with van der Waals surface area (Å²) in [7, 11) is 0. The predicted octanol–water partition coefficient (Wildman–Crippen LogP) is 13.6. The Morgan fingerprint density at radius 3 is 2.11 bits per heavy atom. The number of imidazole rings is 1. The summed E-state index contributed by atoms with van der Waals surface area (Å²) >= 11 is 0. The van der Waals surface area contributed by atoms with Crippen molar-refractivity contribution in [1.29, 1.82) is 0 Å². The molecule has 0 N–H and O–H groups in total. The van der Waals surface area contributed by atoms with Crippen molar-refractivity contribution in [2.45, 2.75) is 27.1 Å². The van der Waals surface area contributed by atoms with Gasteiger partial charge in [0.1, 0.15) is 5.82 Å². The first kappa shape index (κ1) is 29.9. The Hall–Kier alpha value is -7.40. The summed E-state index contributed by atoms with van der Waals surface area (Å²) in [6.45, 7) is 5.58. The van der Waals surface area contributed by atoms with E-state index in [0.29, 0.717) is 44.9 Å². The van der Waals surface area contributed by atoms with Crippen LogP contribution in [0.25, 0.3) is 83.7 Å². The molecule has 0 saturated heterocycles. The minimum Gasteiger partial charge on any atom is -0.510 e. The molecule has 0 spiro atoms. The third-order valence-corrected chi connectivity index (χ3v) is 10.6. The molecule has 0 aliphatic rings. The van der Waals surface area contributed by atoms with E-state index in [4.69, 9.17) is 31.2 Å². The number of hydrogen-bond donors (Lipinski definition) is 0. The quantitative estimate of drug-likeness (QED) is 0.107. The number of aromatic nitrogens is 5. The van der Waals surface area contributed by atoms with Crippen molar-refractivity contribution in [2.24, 2.45) is 5.41 Å². The molecule has 0 aliphatic carbocycles. The first-order chi connectivity index (χ1) is 36.3. The Morgan fingerprint density at radius 2 is 1.37 bits per heavy atom. The van der Waals surface area contributed by atoms with Gasteiger partial charge in [0.05, 0.1) is 41.6 Å². The van der Waals surface area contributed by atoms with Crippen molar-refractivity contribution in [3.8, 4) is 62.2 Å². The molecule has 0 saturated carbocycles. The molecule has 0 radical (unpaired) electrons. The monoisotopic (exact) mass is 1030 g/mol. The molecule has 0 amide bonds. The maximum atomic E-state index is 9.10. The smallest absolute Gasteiger partial charge is 0.268 e. The number of benzene rings is 7. The van der Waals surface area contributed by atoms with Crippen LogP contribution in [-0.4, -0.2) is 19.1 Å². The van der Waals surface area contributed by atoms with Crippen LogP contribution in [0, 0.1) is 23.9 Å². The topological polar surface area (TPSA) is 48.8 Å².